The van der Waals surface area contributed by atoms with E-state index in [1.54, 1.807) is 0 Å². The normalized spacial score (nSPS) is 10.6. The first-order chi connectivity index (χ1) is 11.0. The predicted octanol–water partition coefficient (Wildman–Crippen LogP) is 4.20. The highest BCUT2D eigenvalue weighted by atomic mass is 32.2. The maximum absolute atomic E-state index is 12.0. The number of amides is 1. The van der Waals surface area contributed by atoms with Crippen LogP contribution in [0.15, 0.2) is 42.5 Å². The molecule has 1 N–H and O–H groups in total. The maximum atomic E-state index is 12.0. The molecular formula is C20H25NOS. The molecule has 122 valence electrons. The van der Waals surface area contributed by atoms with Crippen molar-refractivity contribution in [2.24, 2.45) is 0 Å². The molecule has 2 rings (SSSR count). The highest BCUT2D eigenvalue weighted by Gasteiger charge is 2.04. The third-order valence-electron chi connectivity index (χ3n) is 3.89. The van der Waals surface area contributed by atoms with Crippen molar-refractivity contribution >= 4 is 17.7 Å². The summed E-state index contributed by atoms with van der Waals surface area (Å²) in [5, 5.41) is 3.00. The Kier molecular flexibility index (Phi) is 6.72. The van der Waals surface area contributed by atoms with Crippen molar-refractivity contribution < 1.29 is 4.79 Å². The fourth-order valence-corrected chi connectivity index (χ4v) is 3.12. The number of carbonyl (C=O) groups is 1. The van der Waals surface area contributed by atoms with Gasteiger partial charge in [-0.3, -0.25) is 4.79 Å². The summed E-state index contributed by atoms with van der Waals surface area (Å²) in [5.74, 6) is 2.03. The van der Waals surface area contributed by atoms with Crippen molar-refractivity contribution in [2.45, 2.75) is 32.9 Å². The van der Waals surface area contributed by atoms with Crippen LogP contribution >= 0.6 is 11.8 Å². The highest BCUT2D eigenvalue weighted by molar-refractivity contribution is 7.98. The molecular weight excluding hydrogens is 302 g/mol. The molecule has 0 heterocycles. The lowest BCUT2D eigenvalue weighted by Gasteiger charge is -2.07. The van der Waals surface area contributed by atoms with E-state index < -0.39 is 0 Å². The average Bonchev–Trinajstić information content (AvgIpc) is 2.52. The third-order valence-corrected chi connectivity index (χ3v) is 4.92. The number of nitrogens with one attached hydrogen (secondary N) is 1. The fourth-order valence-electron chi connectivity index (χ4n) is 2.30. The summed E-state index contributed by atoms with van der Waals surface area (Å²) in [7, 11) is 0. The molecule has 2 nitrogen and oxygen atoms in total. The zero-order chi connectivity index (χ0) is 16.7. The Balaban J connectivity index is 1.64. The van der Waals surface area contributed by atoms with Gasteiger partial charge in [-0.25, -0.2) is 0 Å². The Morgan fingerprint density at radius 2 is 1.65 bits per heavy atom. The molecule has 0 aliphatic carbocycles. The number of hydrogen-bond donors (Lipinski definition) is 1. The standard InChI is InChI=1S/C20H25NOS/c1-15-4-7-18(8-5-15)14-23-11-10-21-20(22)13-19-9-6-16(2)17(3)12-19/h4-9,12H,10-11,13-14H2,1-3H3,(H,21,22). The van der Waals surface area contributed by atoms with E-state index in [4.69, 9.17) is 0 Å². The number of carbonyl (C=O) groups excluding carboxylic acids is 1. The molecule has 0 atom stereocenters. The molecule has 0 aromatic heterocycles. The summed E-state index contributed by atoms with van der Waals surface area (Å²) in [6.07, 6.45) is 0.462. The number of aryl methyl sites for hydroxylation is 3. The van der Waals surface area contributed by atoms with Crippen LogP contribution in [0, 0.1) is 20.8 Å². The van der Waals surface area contributed by atoms with Gasteiger partial charge >= 0.3 is 0 Å². The summed E-state index contributed by atoms with van der Waals surface area (Å²) < 4.78 is 0. The van der Waals surface area contributed by atoms with Crippen LogP contribution in [0.25, 0.3) is 0 Å². The monoisotopic (exact) mass is 327 g/mol. The second kappa shape index (κ2) is 8.78. The number of rotatable bonds is 7. The topological polar surface area (TPSA) is 29.1 Å². The Morgan fingerprint density at radius 3 is 2.35 bits per heavy atom. The van der Waals surface area contributed by atoms with Crippen LogP contribution in [0.1, 0.15) is 27.8 Å². The van der Waals surface area contributed by atoms with E-state index in [1.165, 1.54) is 22.3 Å². The van der Waals surface area contributed by atoms with Gasteiger partial charge in [0.25, 0.3) is 0 Å². The van der Waals surface area contributed by atoms with Crippen molar-refractivity contribution in [1.82, 2.24) is 5.32 Å². The van der Waals surface area contributed by atoms with E-state index in [0.717, 1.165) is 23.6 Å². The van der Waals surface area contributed by atoms with Gasteiger partial charge in [0.05, 0.1) is 6.42 Å². The average molecular weight is 327 g/mol. The predicted molar refractivity (Wildman–Crippen MR) is 100.0 cm³/mol. The van der Waals surface area contributed by atoms with Crippen LogP contribution < -0.4 is 5.32 Å². The summed E-state index contributed by atoms with van der Waals surface area (Å²) in [6.45, 7) is 6.99. The first-order valence-electron chi connectivity index (χ1n) is 8.01. The molecule has 23 heavy (non-hydrogen) atoms. The van der Waals surface area contributed by atoms with Gasteiger partial charge in [-0.05, 0) is 43.0 Å². The van der Waals surface area contributed by atoms with Gasteiger partial charge in [-0.1, -0.05) is 48.0 Å². The van der Waals surface area contributed by atoms with Gasteiger partial charge in [0.1, 0.15) is 0 Å². The van der Waals surface area contributed by atoms with Gasteiger partial charge in [0.15, 0.2) is 0 Å². The zero-order valence-corrected chi connectivity index (χ0v) is 15.0. The van der Waals surface area contributed by atoms with Crippen molar-refractivity contribution in [1.29, 1.82) is 0 Å². The molecule has 2 aromatic carbocycles. The lowest BCUT2D eigenvalue weighted by atomic mass is 10.0. The second-order valence-electron chi connectivity index (χ2n) is 5.98. The molecule has 0 radical (unpaired) electrons. The molecule has 0 spiro atoms. The third kappa shape index (κ3) is 6.11. The van der Waals surface area contributed by atoms with Crippen LogP contribution in [-0.2, 0) is 17.0 Å². The zero-order valence-electron chi connectivity index (χ0n) is 14.2. The summed E-state index contributed by atoms with van der Waals surface area (Å²) in [5.41, 5.74) is 6.21. The van der Waals surface area contributed by atoms with E-state index in [9.17, 15) is 4.79 Å². The van der Waals surface area contributed by atoms with E-state index in [1.807, 2.05) is 17.8 Å². The van der Waals surface area contributed by atoms with Crippen LogP contribution in [0.5, 0.6) is 0 Å². The smallest absolute Gasteiger partial charge is 0.224 e. The van der Waals surface area contributed by atoms with Crippen LogP contribution in [0.2, 0.25) is 0 Å². The molecule has 0 aliphatic rings. The minimum absolute atomic E-state index is 0.101. The van der Waals surface area contributed by atoms with Gasteiger partial charge in [0.2, 0.25) is 5.91 Å². The van der Waals surface area contributed by atoms with Crippen LogP contribution in [0.3, 0.4) is 0 Å². The van der Waals surface area contributed by atoms with Crippen molar-refractivity contribution in [3.05, 3.63) is 70.3 Å². The number of thioether (sulfide) groups is 1. The van der Waals surface area contributed by atoms with Gasteiger partial charge in [-0.15, -0.1) is 0 Å². The summed E-state index contributed by atoms with van der Waals surface area (Å²) in [6, 6.07) is 14.8. The van der Waals surface area contributed by atoms with E-state index in [2.05, 4.69) is 62.5 Å². The van der Waals surface area contributed by atoms with Gasteiger partial charge in [0, 0.05) is 18.1 Å². The Hall–Kier alpha value is -1.74. The molecule has 0 aliphatic heterocycles. The molecule has 0 unspecified atom stereocenters. The fraction of sp³-hybridized carbons (Fsp3) is 0.350. The SMILES string of the molecule is Cc1ccc(CSCCNC(=O)Cc2ccc(C)c(C)c2)cc1. The van der Waals surface area contributed by atoms with Crippen molar-refractivity contribution in [2.75, 3.05) is 12.3 Å². The molecule has 0 fully saturated rings. The van der Waals surface area contributed by atoms with Crippen LogP contribution in [0.4, 0.5) is 0 Å². The minimum Gasteiger partial charge on any atom is -0.355 e. The molecule has 0 saturated carbocycles. The second-order valence-corrected chi connectivity index (χ2v) is 7.09. The highest BCUT2D eigenvalue weighted by Crippen LogP contribution is 2.12. The lowest BCUT2D eigenvalue weighted by molar-refractivity contribution is -0.120. The van der Waals surface area contributed by atoms with Crippen molar-refractivity contribution in [3.63, 3.8) is 0 Å². The van der Waals surface area contributed by atoms with Gasteiger partial charge < -0.3 is 5.32 Å². The Morgan fingerprint density at radius 1 is 0.957 bits per heavy atom. The van der Waals surface area contributed by atoms with Gasteiger partial charge in [-0.2, -0.15) is 11.8 Å². The summed E-state index contributed by atoms with van der Waals surface area (Å²) in [4.78, 5) is 12.0. The lowest BCUT2D eigenvalue weighted by Crippen LogP contribution is -2.27. The summed E-state index contributed by atoms with van der Waals surface area (Å²) >= 11 is 1.85. The Bertz CT molecular complexity index is 649. The molecule has 3 heteroatoms. The molecule has 0 saturated heterocycles. The van der Waals surface area contributed by atoms with Crippen molar-refractivity contribution in [3.8, 4) is 0 Å². The minimum atomic E-state index is 0.101. The van der Waals surface area contributed by atoms with E-state index in [-0.39, 0.29) is 5.91 Å². The quantitative estimate of drug-likeness (QED) is 0.772. The van der Waals surface area contributed by atoms with Crippen LogP contribution in [-0.4, -0.2) is 18.2 Å². The number of hydrogen-bond acceptors (Lipinski definition) is 2. The maximum Gasteiger partial charge on any atom is 0.224 e. The first kappa shape index (κ1) is 17.6. The number of benzene rings is 2. The molecule has 0 bridgehead atoms. The molecule has 2 aromatic rings. The first-order valence-corrected chi connectivity index (χ1v) is 9.16. The molecule has 1 amide bonds. The Labute approximate surface area is 143 Å². The van der Waals surface area contributed by atoms with E-state index in [0.29, 0.717) is 6.42 Å². The largest absolute Gasteiger partial charge is 0.355 e. The van der Waals surface area contributed by atoms with E-state index >= 15 is 0 Å².